The van der Waals surface area contributed by atoms with Gasteiger partial charge < -0.3 is 5.11 Å². The van der Waals surface area contributed by atoms with Gasteiger partial charge in [0, 0.05) is 5.56 Å². The highest BCUT2D eigenvalue weighted by molar-refractivity contribution is 7.16. The maximum atomic E-state index is 9.59. The number of nitrogens with zero attached hydrogens (tertiary/aromatic N) is 1. The fourth-order valence-electron chi connectivity index (χ4n) is 1.95. The minimum absolute atomic E-state index is 0.294. The van der Waals surface area contributed by atoms with Crippen LogP contribution in [0.25, 0.3) is 21.7 Å². The number of thiazole rings is 1. The van der Waals surface area contributed by atoms with Crippen LogP contribution in [0.5, 0.6) is 5.06 Å². The highest BCUT2D eigenvalue weighted by Crippen LogP contribution is 2.33. The molecule has 0 saturated carbocycles. The molecule has 0 saturated heterocycles. The normalized spacial score (nSPS) is 10.6. The second-order valence-electron chi connectivity index (χ2n) is 4.35. The minimum atomic E-state index is 0.294. The van der Waals surface area contributed by atoms with Gasteiger partial charge in [0.1, 0.15) is 5.01 Å². The molecule has 3 rings (SSSR count). The van der Waals surface area contributed by atoms with E-state index in [1.54, 1.807) is 0 Å². The van der Waals surface area contributed by atoms with Crippen molar-refractivity contribution >= 4 is 11.3 Å². The van der Waals surface area contributed by atoms with Crippen molar-refractivity contribution in [3.05, 3.63) is 60.3 Å². The van der Waals surface area contributed by atoms with Gasteiger partial charge in [-0.3, -0.25) is 0 Å². The van der Waals surface area contributed by atoms with Gasteiger partial charge in [0.2, 0.25) is 0 Å². The fourth-order valence-corrected chi connectivity index (χ4v) is 2.76. The van der Waals surface area contributed by atoms with Crippen molar-refractivity contribution in [2.75, 3.05) is 0 Å². The summed E-state index contributed by atoms with van der Waals surface area (Å²) >= 11 is 1.31. The predicted octanol–water partition coefficient (Wildman–Crippen LogP) is 4.49. The molecular weight excluding hydrogens is 254 g/mol. The zero-order valence-corrected chi connectivity index (χ0v) is 11.3. The number of hydrogen-bond acceptors (Lipinski definition) is 3. The van der Waals surface area contributed by atoms with Crippen LogP contribution in [0.2, 0.25) is 0 Å². The zero-order chi connectivity index (χ0) is 13.2. The molecule has 19 heavy (non-hydrogen) atoms. The molecule has 0 aliphatic rings. The van der Waals surface area contributed by atoms with E-state index in [9.17, 15) is 5.11 Å². The second-order valence-corrected chi connectivity index (χ2v) is 5.33. The average molecular weight is 267 g/mol. The summed E-state index contributed by atoms with van der Waals surface area (Å²) < 4.78 is 0. The Labute approximate surface area is 116 Å². The molecule has 3 aromatic rings. The first-order valence-corrected chi connectivity index (χ1v) is 6.88. The molecule has 0 aliphatic heterocycles. The number of aromatic hydroxyl groups is 1. The fraction of sp³-hybridized carbons (Fsp3) is 0.0625. The van der Waals surface area contributed by atoms with Gasteiger partial charge in [-0.2, -0.15) is 0 Å². The molecule has 1 N–H and O–H groups in total. The van der Waals surface area contributed by atoms with Crippen LogP contribution in [-0.4, -0.2) is 10.1 Å². The van der Waals surface area contributed by atoms with Crippen LogP contribution >= 0.6 is 11.3 Å². The summed E-state index contributed by atoms with van der Waals surface area (Å²) in [5.74, 6) is 0. The van der Waals surface area contributed by atoms with Gasteiger partial charge >= 0.3 is 0 Å². The zero-order valence-electron chi connectivity index (χ0n) is 10.5. The van der Waals surface area contributed by atoms with Crippen LogP contribution < -0.4 is 0 Å². The Morgan fingerprint density at radius 3 is 2.00 bits per heavy atom. The van der Waals surface area contributed by atoms with E-state index in [4.69, 9.17) is 0 Å². The average Bonchev–Trinajstić information content (AvgIpc) is 2.80. The molecule has 2 nitrogen and oxygen atoms in total. The summed E-state index contributed by atoms with van der Waals surface area (Å²) in [5.41, 5.74) is 4.11. The predicted molar refractivity (Wildman–Crippen MR) is 79.4 cm³/mol. The lowest BCUT2D eigenvalue weighted by Crippen LogP contribution is -1.79. The summed E-state index contributed by atoms with van der Waals surface area (Å²) in [5, 5.41) is 10.7. The first-order valence-electron chi connectivity index (χ1n) is 6.06. The Balaban J connectivity index is 1.95. The summed E-state index contributed by atoms with van der Waals surface area (Å²) in [4.78, 5) is 4.35. The summed E-state index contributed by atoms with van der Waals surface area (Å²) in [6.07, 6.45) is 0. The molecule has 0 bridgehead atoms. The highest BCUT2D eigenvalue weighted by Gasteiger charge is 2.08. The molecular formula is C16H13NOS. The van der Waals surface area contributed by atoms with Crippen molar-refractivity contribution in [2.45, 2.75) is 6.92 Å². The van der Waals surface area contributed by atoms with Gasteiger partial charge in [0.05, 0.1) is 5.69 Å². The highest BCUT2D eigenvalue weighted by atomic mass is 32.1. The van der Waals surface area contributed by atoms with E-state index in [0.717, 1.165) is 10.6 Å². The summed E-state index contributed by atoms with van der Waals surface area (Å²) in [7, 11) is 0. The van der Waals surface area contributed by atoms with E-state index < -0.39 is 0 Å². The molecule has 0 amide bonds. The van der Waals surface area contributed by atoms with Gasteiger partial charge in [-0.05, 0) is 18.1 Å². The summed E-state index contributed by atoms with van der Waals surface area (Å²) in [6.45, 7) is 1.81. The lowest BCUT2D eigenvalue weighted by Gasteiger charge is -2.02. The van der Waals surface area contributed by atoms with Gasteiger partial charge in [-0.15, -0.1) is 0 Å². The SMILES string of the molecule is Cc1nc(-c2ccc(-c3ccccc3)cc2)sc1O. The molecule has 2 aromatic carbocycles. The molecule has 1 heterocycles. The number of hydrogen-bond donors (Lipinski definition) is 1. The molecule has 0 unspecified atom stereocenters. The van der Waals surface area contributed by atoms with Crippen LogP contribution in [0, 0.1) is 6.92 Å². The van der Waals surface area contributed by atoms with E-state index in [1.807, 2.05) is 37.3 Å². The van der Waals surface area contributed by atoms with Crippen molar-refractivity contribution in [3.8, 4) is 26.8 Å². The van der Waals surface area contributed by atoms with Crippen molar-refractivity contribution < 1.29 is 5.11 Å². The van der Waals surface area contributed by atoms with Gasteiger partial charge in [-0.1, -0.05) is 65.9 Å². The van der Waals surface area contributed by atoms with Crippen LogP contribution in [0.4, 0.5) is 0 Å². The first kappa shape index (κ1) is 11.9. The number of benzene rings is 2. The van der Waals surface area contributed by atoms with Crippen LogP contribution in [-0.2, 0) is 0 Å². The van der Waals surface area contributed by atoms with Gasteiger partial charge in [0.25, 0.3) is 0 Å². The molecule has 94 valence electrons. The lowest BCUT2D eigenvalue weighted by atomic mass is 10.0. The molecule has 0 spiro atoms. The number of rotatable bonds is 2. The summed E-state index contributed by atoms with van der Waals surface area (Å²) in [6, 6.07) is 18.5. The Hall–Kier alpha value is -2.13. The van der Waals surface area contributed by atoms with Gasteiger partial charge in [0.15, 0.2) is 5.06 Å². The maximum Gasteiger partial charge on any atom is 0.195 e. The Bertz CT molecular complexity index is 667. The molecule has 0 radical (unpaired) electrons. The Kier molecular flexibility index (Phi) is 3.05. The molecule has 1 aromatic heterocycles. The van der Waals surface area contributed by atoms with Crippen molar-refractivity contribution in [2.24, 2.45) is 0 Å². The van der Waals surface area contributed by atoms with E-state index in [-0.39, 0.29) is 0 Å². The minimum Gasteiger partial charge on any atom is -0.498 e. The van der Waals surface area contributed by atoms with Crippen molar-refractivity contribution in [1.82, 2.24) is 4.98 Å². The molecule has 3 heteroatoms. The third kappa shape index (κ3) is 2.37. The van der Waals surface area contributed by atoms with E-state index in [2.05, 4.69) is 29.2 Å². The maximum absolute atomic E-state index is 9.59. The molecule has 0 atom stereocenters. The second kappa shape index (κ2) is 4.86. The standard InChI is InChI=1S/C16H13NOS/c1-11-16(18)19-15(17-11)14-9-7-13(8-10-14)12-5-3-2-4-6-12/h2-10,18H,1H3. The Morgan fingerprint density at radius 2 is 1.42 bits per heavy atom. The lowest BCUT2D eigenvalue weighted by molar-refractivity contribution is 0.485. The first-order chi connectivity index (χ1) is 9.24. The Morgan fingerprint density at radius 1 is 0.842 bits per heavy atom. The largest absolute Gasteiger partial charge is 0.498 e. The molecule has 0 fully saturated rings. The van der Waals surface area contributed by atoms with Gasteiger partial charge in [-0.25, -0.2) is 4.98 Å². The van der Waals surface area contributed by atoms with Crippen molar-refractivity contribution in [1.29, 1.82) is 0 Å². The third-order valence-electron chi connectivity index (χ3n) is 3.01. The van der Waals surface area contributed by atoms with Crippen LogP contribution in [0.15, 0.2) is 54.6 Å². The van der Waals surface area contributed by atoms with Crippen LogP contribution in [0.3, 0.4) is 0 Å². The number of aryl methyl sites for hydroxylation is 1. The molecule has 0 aliphatic carbocycles. The van der Waals surface area contributed by atoms with Crippen LogP contribution in [0.1, 0.15) is 5.69 Å². The smallest absolute Gasteiger partial charge is 0.195 e. The quantitative estimate of drug-likeness (QED) is 0.742. The topological polar surface area (TPSA) is 33.1 Å². The number of aromatic nitrogens is 1. The van der Waals surface area contributed by atoms with E-state index in [1.165, 1.54) is 22.5 Å². The monoisotopic (exact) mass is 267 g/mol. The third-order valence-corrected chi connectivity index (χ3v) is 4.02. The van der Waals surface area contributed by atoms with E-state index in [0.29, 0.717) is 10.8 Å². The van der Waals surface area contributed by atoms with Crippen molar-refractivity contribution in [3.63, 3.8) is 0 Å². The van der Waals surface area contributed by atoms with E-state index >= 15 is 0 Å².